The van der Waals surface area contributed by atoms with Gasteiger partial charge in [-0.05, 0) is 29.4 Å². The summed E-state index contributed by atoms with van der Waals surface area (Å²) < 4.78 is 0. The molecular weight excluding hydrogens is 254 g/mol. The second-order valence-corrected chi connectivity index (χ2v) is 11.0. The molecule has 0 heterocycles. The molecule has 0 aliphatic rings. The van der Waals surface area contributed by atoms with Gasteiger partial charge in [-0.1, -0.05) is 51.9 Å². The van der Waals surface area contributed by atoms with E-state index in [0.717, 1.165) is 11.3 Å². The van der Waals surface area contributed by atoms with Crippen LogP contribution in [0.5, 0.6) is 0 Å². The summed E-state index contributed by atoms with van der Waals surface area (Å²) in [4.78, 5) is 4.05. The lowest BCUT2D eigenvalue weighted by Crippen LogP contribution is -2.35. The fourth-order valence-corrected chi connectivity index (χ4v) is 2.06. The van der Waals surface area contributed by atoms with Crippen LogP contribution in [0.25, 0.3) is 0 Å². The molecule has 0 amide bonds. The number of para-hydroxylation sites is 1. The van der Waals surface area contributed by atoms with Crippen molar-refractivity contribution >= 4 is 31.1 Å². The van der Waals surface area contributed by atoms with Gasteiger partial charge in [0.05, 0.1) is 16.4 Å². The second-order valence-electron chi connectivity index (χ2n) is 5.85. The van der Waals surface area contributed by atoms with Crippen molar-refractivity contribution in [2.75, 3.05) is 0 Å². The first-order valence-corrected chi connectivity index (χ1v) is 9.39. The molecule has 0 atom stereocenters. The number of isothiocyanates is 1. The smallest absolute Gasteiger partial charge is 0.138 e. The van der Waals surface area contributed by atoms with E-state index in [9.17, 15) is 0 Å². The molecule has 0 fully saturated rings. The van der Waals surface area contributed by atoms with E-state index in [1.807, 2.05) is 24.3 Å². The number of hydrogen-bond donors (Lipinski definition) is 0. The Morgan fingerprint density at radius 1 is 1.17 bits per heavy atom. The molecule has 3 heteroatoms. The zero-order chi connectivity index (χ0) is 13.8. The summed E-state index contributed by atoms with van der Waals surface area (Å²) in [5.74, 6) is 3.28. The Labute approximate surface area is 116 Å². The lowest BCUT2D eigenvalue weighted by Gasteiger charge is -2.31. The topological polar surface area (TPSA) is 12.4 Å². The number of aliphatic imine (C=N–C) groups is 1. The molecule has 1 aromatic carbocycles. The summed E-state index contributed by atoms with van der Waals surface area (Å²) in [6, 6.07) is 7.79. The van der Waals surface area contributed by atoms with E-state index in [0.29, 0.717) is 0 Å². The third-order valence-electron chi connectivity index (χ3n) is 3.45. The van der Waals surface area contributed by atoms with Gasteiger partial charge in [-0.3, -0.25) is 0 Å². The quantitative estimate of drug-likeness (QED) is 0.309. The Morgan fingerprint density at radius 2 is 1.78 bits per heavy atom. The highest BCUT2D eigenvalue weighted by molar-refractivity contribution is 7.78. The van der Waals surface area contributed by atoms with E-state index in [1.54, 1.807) is 0 Å². The van der Waals surface area contributed by atoms with Crippen LogP contribution >= 0.6 is 12.2 Å². The van der Waals surface area contributed by atoms with E-state index in [4.69, 9.17) is 0 Å². The molecule has 0 unspecified atom stereocenters. The van der Waals surface area contributed by atoms with E-state index in [-0.39, 0.29) is 5.04 Å². The third kappa shape index (κ3) is 3.65. The molecule has 1 nitrogen and oxygen atoms in total. The van der Waals surface area contributed by atoms with Gasteiger partial charge in [0.15, 0.2) is 0 Å². The van der Waals surface area contributed by atoms with E-state index in [2.05, 4.69) is 67.7 Å². The summed E-state index contributed by atoms with van der Waals surface area (Å²) in [5.41, 5.74) is 5.22. The number of benzene rings is 1. The Bertz CT molecular complexity index is 538. The predicted molar refractivity (Wildman–Crippen MR) is 85.2 cm³/mol. The van der Waals surface area contributed by atoms with Crippen molar-refractivity contribution in [3.05, 3.63) is 29.8 Å². The molecule has 0 saturated heterocycles. The van der Waals surface area contributed by atoms with E-state index >= 15 is 0 Å². The normalized spacial score (nSPS) is 11.2. The molecule has 0 aliphatic carbocycles. The summed E-state index contributed by atoms with van der Waals surface area (Å²) in [7, 11) is -1.58. The van der Waals surface area contributed by atoms with Crippen LogP contribution in [0.4, 0.5) is 5.69 Å². The predicted octanol–water partition coefficient (Wildman–Crippen LogP) is 4.82. The average Bonchev–Trinajstić information content (AvgIpc) is 2.27. The second kappa shape index (κ2) is 5.62. The van der Waals surface area contributed by atoms with Crippen LogP contribution in [0.1, 0.15) is 26.3 Å². The molecule has 1 rings (SSSR count). The van der Waals surface area contributed by atoms with Gasteiger partial charge in [0, 0.05) is 0 Å². The van der Waals surface area contributed by atoms with Crippen LogP contribution in [0.2, 0.25) is 18.1 Å². The maximum Gasteiger partial charge on any atom is 0.138 e. The highest BCUT2D eigenvalue weighted by Crippen LogP contribution is 2.35. The van der Waals surface area contributed by atoms with Crippen molar-refractivity contribution in [3.8, 4) is 11.5 Å². The number of hydrogen-bond acceptors (Lipinski definition) is 2. The molecule has 1 aromatic rings. The monoisotopic (exact) mass is 273 g/mol. The van der Waals surface area contributed by atoms with Crippen molar-refractivity contribution in [3.63, 3.8) is 0 Å². The minimum Gasteiger partial charge on any atom is -0.193 e. The van der Waals surface area contributed by atoms with Crippen LogP contribution in [0, 0.1) is 11.5 Å². The molecule has 0 spiro atoms. The van der Waals surface area contributed by atoms with E-state index in [1.165, 1.54) is 0 Å². The van der Waals surface area contributed by atoms with Crippen LogP contribution in [-0.2, 0) is 0 Å². The van der Waals surface area contributed by atoms with Gasteiger partial charge in [0.25, 0.3) is 0 Å². The third-order valence-corrected chi connectivity index (χ3v) is 8.05. The minimum atomic E-state index is -1.58. The number of rotatable bonds is 1. The Balaban J connectivity index is 3.18. The molecule has 94 valence electrons. The highest BCUT2D eigenvalue weighted by atomic mass is 32.1. The van der Waals surface area contributed by atoms with Gasteiger partial charge in [0.1, 0.15) is 8.07 Å². The SMILES string of the molecule is CC(C)(C)[Si](C)(C)C#Cc1ccccc1N=C=S. The summed E-state index contributed by atoms with van der Waals surface area (Å²) in [6.07, 6.45) is 0. The first-order valence-electron chi connectivity index (χ1n) is 5.98. The fourth-order valence-electron chi connectivity index (χ4n) is 1.14. The highest BCUT2D eigenvalue weighted by Gasteiger charge is 2.33. The summed E-state index contributed by atoms with van der Waals surface area (Å²) in [5, 5.41) is 2.67. The fraction of sp³-hybridized carbons (Fsp3) is 0.400. The number of nitrogens with zero attached hydrogens (tertiary/aromatic N) is 1. The van der Waals surface area contributed by atoms with Crippen molar-refractivity contribution in [1.82, 2.24) is 0 Å². The Morgan fingerprint density at radius 3 is 2.33 bits per heavy atom. The molecule has 0 radical (unpaired) electrons. The van der Waals surface area contributed by atoms with Crippen molar-refractivity contribution in [2.24, 2.45) is 4.99 Å². The van der Waals surface area contributed by atoms with Crippen LogP contribution in [0.3, 0.4) is 0 Å². The zero-order valence-corrected chi connectivity index (χ0v) is 13.5. The molecule has 0 bridgehead atoms. The van der Waals surface area contributed by atoms with Crippen LogP contribution in [-0.4, -0.2) is 13.2 Å². The first-order chi connectivity index (χ1) is 8.28. The molecular formula is C15H19NSSi. The van der Waals surface area contributed by atoms with Gasteiger partial charge >= 0.3 is 0 Å². The maximum atomic E-state index is 4.65. The molecule has 0 aromatic heterocycles. The van der Waals surface area contributed by atoms with Gasteiger partial charge in [-0.25, -0.2) is 0 Å². The van der Waals surface area contributed by atoms with Gasteiger partial charge in [-0.2, -0.15) is 4.99 Å². The van der Waals surface area contributed by atoms with Gasteiger partial charge in [-0.15, -0.1) is 5.54 Å². The van der Waals surface area contributed by atoms with Gasteiger partial charge in [0.2, 0.25) is 0 Å². The Hall–Kier alpha value is -1.20. The van der Waals surface area contributed by atoms with Crippen molar-refractivity contribution in [1.29, 1.82) is 0 Å². The molecule has 0 aliphatic heterocycles. The summed E-state index contributed by atoms with van der Waals surface area (Å²) >= 11 is 4.65. The van der Waals surface area contributed by atoms with E-state index < -0.39 is 8.07 Å². The molecule has 0 N–H and O–H groups in total. The van der Waals surface area contributed by atoms with Crippen molar-refractivity contribution < 1.29 is 0 Å². The van der Waals surface area contributed by atoms with Crippen LogP contribution in [0.15, 0.2) is 29.3 Å². The zero-order valence-electron chi connectivity index (χ0n) is 11.7. The lowest BCUT2D eigenvalue weighted by atomic mass is 10.2. The van der Waals surface area contributed by atoms with Gasteiger partial charge < -0.3 is 0 Å². The molecule has 18 heavy (non-hydrogen) atoms. The Kier molecular flexibility index (Phi) is 4.64. The lowest BCUT2D eigenvalue weighted by molar-refractivity contribution is 0.731. The number of thiocarbonyl (C=S) groups is 1. The maximum absolute atomic E-state index is 4.65. The van der Waals surface area contributed by atoms with Crippen molar-refractivity contribution in [2.45, 2.75) is 38.9 Å². The largest absolute Gasteiger partial charge is 0.193 e. The minimum absolute atomic E-state index is 0.266. The molecule has 0 saturated carbocycles. The first kappa shape index (κ1) is 14.9. The van der Waals surface area contributed by atoms with Crippen LogP contribution < -0.4 is 0 Å². The average molecular weight is 273 g/mol. The summed E-state index contributed by atoms with van der Waals surface area (Å²) in [6.45, 7) is 11.4. The standard InChI is InChI=1S/C15H19NSSi/c1-15(2,3)18(4,5)11-10-13-8-6-7-9-14(13)16-12-17/h6-9H,1-5H3.